The number of nitrogens with two attached hydrogens (primary N) is 1. The van der Waals surface area contributed by atoms with Gasteiger partial charge in [-0.2, -0.15) is 0 Å². The lowest BCUT2D eigenvalue weighted by molar-refractivity contribution is -0.0264. The van der Waals surface area contributed by atoms with Crippen molar-refractivity contribution in [3.63, 3.8) is 0 Å². The summed E-state index contributed by atoms with van der Waals surface area (Å²) < 4.78 is 11.0. The van der Waals surface area contributed by atoms with Crippen LogP contribution >= 0.6 is 0 Å². The molecule has 2 aliphatic rings. The van der Waals surface area contributed by atoms with E-state index >= 15 is 0 Å². The molecular formula is C12H22N2O3. The number of nitrogens with zero attached hydrogens (tertiary/aromatic N) is 1. The van der Waals surface area contributed by atoms with Crippen molar-refractivity contribution in [2.75, 3.05) is 13.2 Å². The minimum Gasteiger partial charge on any atom is -0.444 e. The zero-order chi connectivity index (χ0) is 12.6. The van der Waals surface area contributed by atoms with E-state index in [1.54, 1.807) is 4.90 Å². The highest BCUT2D eigenvalue weighted by molar-refractivity contribution is 5.69. The second kappa shape index (κ2) is 4.46. The Bertz CT molecular complexity index is 301. The number of ether oxygens (including phenoxy) is 2. The summed E-state index contributed by atoms with van der Waals surface area (Å²) in [6, 6.07) is 0.00131. The van der Waals surface area contributed by atoms with Gasteiger partial charge in [0.15, 0.2) is 0 Å². The van der Waals surface area contributed by atoms with Crippen molar-refractivity contribution in [3.05, 3.63) is 0 Å². The number of hydrogen-bond donors (Lipinski definition) is 1. The lowest BCUT2D eigenvalue weighted by atomic mass is 10.0. The quantitative estimate of drug-likeness (QED) is 0.691. The van der Waals surface area contributed by atoms with E-state index in [1.165, 1.54) is 0 Å². The Kier molecular flexibility index (Phi) is 3.32. The Morgan fingerprint density at radius 1 is 1.47 bits per heavy atom. The molecule has 0 aromatic heterocycles. The molecule has 0 bridgehead atoms. The van der Waals surface area contributed by atoms with Gasteiger partial charge in [-0.05, 0) is 33.6 Å². The van der Waals surface area contributed by atoms with Crippen LogP contribution < -0.4 is 5.73 Å². The predicted octanol–water partition coefficient (Wildman–Crippen LogP) is 1.11. The average Bonchev–Trinajstić information content (AvgIpc) is 2.55. The standard InChI is InChI=1S/C12H22N2O3/c1-12(2,3)17-11(15)14-7-8(13)10-9(14)5-4-6-16-10/h8-10H,4-7,13H2,1-3H3/t8-,9-,10-/m1/s1. The largest absolute Gasteiger partial charge is 0.444 e. The normalized spacial score (nSPS) is 33.4. The first-order valence-electron chi connectivity index (χ1n) is 6.25. The first kappa shape index (κ1) is 12.6. The van der Waals surface area contributed by atoms with Gasteiger partial charge < -0.3 is 20.1 Å². The molecule has 2 N–H and O–H groups in total. The fourth-order valence-electron chi connectivity index (χ4n) is 2.53. The number of rotatable bonds is 0. The molecule has 98 valence electrons. The third-order valence-corrected chi connectivity index (χ3v) is 3.19. The highest BCUT2D eigenvalue weighted by Crippen LogP contribution is 2.29. The van der Waals surface area contributed by atoms with Crippen molar-refractivity contribution in [2.45, 2.75) is 57.4 Å². The summed E-state index contributed by atoms with van der Waals surface area (Å²) >= 11 is 0. The molecule has 0 spiro atoms. The maximum atomic E-state index is 12.1. The molecule has 0 aliphatic carbocycles. The zero-order valence-corrected chi connectivity index (χ0v) is 10.8. The van der Waals surface area contributed by atoms with Crippen LogP contribution in [-0.2, 0) is 9.47 Å². The summed E-state index contributed by atoms with van der Waals surface area (Å²) in [5, 5.41) is 0. The van der Waals surface area contributed by atoms with Gasteiger partial charge in [-0.15, -0.1) is 0 Å². The molecule has 2 rings (SSSR count). The summed E-state index contributed by atoms with van der Waals surface area (Å²) in [6.45, 7) is 6.89. The fourth-order valence-corrected chi connectivity index (χ4v) is 2.53. The summed E-state index contributed by atoms with van der Waals surface area (Å²) in [7, 11) is 0. The molecule has 2 heterocycles. The first-order chi connectivity index (χ1) is 7.88. The van der Waals surface area contributed by atoms with E-state index in [9.17, 15) is 4.79 Å². The predicted molar refractivity (Wildman–Crippen MR) is 63.7 cm³/mol. The minimum absolute atomic E-state index is 0.0173. The van der Waals surface area contributed by atoms with Gasteiger partial charge >= 0.3 is 6.09 Å². The highest BCUT2D eigenvalue weighted by atomic mass is 16.6. The second-order valence-corrected chi connectivity index (χ2v) is 5.84. The molecule has 2 fully saturated rings. The van der Waals surface area contributed by atoms with Gasteiger partial charge in [0.05, 0.1) is 18.2 Å². The van der Waals surface area contributed by atoms with Crippen LogP contribution in [0.25, 0.3) is 0 Å². The molecule has 1 amide bonds. The topological polar surface area (TPSA) is 64.8 Å². The lowest BCUT2D eigenvalue weighted by Crippen LogP contribution is -2.46. The van der Waals surface area contributed by atoms with Crippen molar-refractivity contribution < 1.29 is 14.3 Å². The maximum absolute atomic E-state index is 12.1. The SMILES string of the molecule is CC(C)(C)OC(=O)N1C[C@@H](N)[C@H]2OCCC[C@H]21. The van der Waals surface area contributed by atoms with Crippen molar-refractivity contribution in [2.24, 2.45) is 5.73 Å². The third-order valence-electron chi connectivity index (χ3n) is 3.19. The Labute approximate surface area is 102 Å². The molecule has 5 nitrogen and oxygen atoms in total. The number of hydrogen-bond acceptors (Lipinski definition) is 4. The molecule has 2 aliphatic heterocycles. The summed E-state index contributed by atoms with van der Waals surface area (Å²) in [5.74, 6) is 0. The van der Waals surface area contributed by atoms with E-state index in [1.807, 2.05) is 20.8 Å². The molecule has 17 heavy (non-hydrogen) atoms. The minimum atomic E-state index is -0.464. The van der Waals surface area contributed by atoms with Crippen molar-refractivity contribution >= 4 is 6.09 Å². The van der Waals surface area contributed by atoms with E-state index < -0.39 is 5.60 Å². The number of fused-ring (bicyclic) bond motifs is 1. The van der Waals surface area contributed by atoms with E-state index in [4.69, 9.17) is 15.2 Å². The number of carbonyl (C=O) groups is 1. The van der Waals surface area contributed by atoms with Crippen molar-refractivity contribution in [1.29, 1.82) is 0 Å². The highest BCUT2D eigenvalue weighted by Gasteiger charge is 2.45. The van der Waals surface area contributed by atoms with E-state index in [2.05, 4.69) is 0 Å². The van der Waals surface area contributed by atoms with Gasteiger partial charge in [-0.1, -0.05) is 0 Å². The number of amides is 1. The maximum Gasteiger partial charge on any atom is 0.410 e. The number of carbonyl (C=O) groups excluding carboxylic acids is 1. The Morgan fingerprint density at radius 2 is 2.18 bits per heavy atom. The molecule has 0 saturated carbocycles. The molecule has 0 unspecified atom stereocenters. The average molecular weight is 242 g/mol. The van der Waals surface area contributed by atoms with E-state index in [-0.39, 0.29) is 24.3 Å². The molecular weight excluding hydrogens is 220 g/mol. The van der Waals surface area contributed by atoms with Crippen LogP contribution in [0.1, 0.15) is 33.6 Å². The summed E-state index contributed by atoms with van der Waals surface area (Å²) in [5.41, 5.74) is 5.54. The van der Waals surface area contributed by atoms with Gasteiger partial charge in [0.2, 0.25) is 0 Å². The van der Waals surface area contributed by atoms with Gasteiger partial charge in [-0.25, -0.2) is 4.79 Å². The van der Waals surface area contributed by atoms with Crippen LogP contribution in [0.5, 0.6) is 0 Å². The monoisotopic (exact) mass is 242 g/mol. The fraction of sp³-hybridized carbons (Fsp3) is 0.917. The van der Waals surface area contributed by atoms with Crippen molar-refractivity contribution in [1.82, 2.24) is 4.90 Å². The van der Waals surface area contributed by atoms with Gasteiger partial charge in [-0.3, -0.25) is 0 Å². The van der Waals surface area contributed by atoms with Crippen molar-refractivity contribution in [3.8, 4) is 0 Å². The third kappa shape index (κ3) is 2.72. The molecule has 3 atom stereocenters. The first-order valence-corrected chi connectivity index (χ1v) is 6.25. The molecule has 5 heteroatoms. The Morgan fingerprint density at radius 3 is 2.82 bits per heavy atom. The molecule has 0 aromatic rings. The van der Waals surface area contributed by atoms with E-state index in [0.717, 1.165) is 19.4 Å². The van der Waals surface area contributed by atoms with Crippen LogP contribution in [0.2, 0.25) is 0 Å². The lowest BCUT2D eigenvalue weighted by Gasteiger charge is -2.33. The van der Waals surface area contributed by atoms with Crippen LogP contribution in [0.4, 0.5) is 4.79 Å². The molecule has 0 radical (unpaired) electrons. The summed E-state index contributed by atoms with van der Waals surface area (Å²) in [6.07, 6.45) is 1.65. The van der Waals surface area contributed by atoms with Crippen LogP contribution in [0.15, 0.2) is 0 Å². The van der Waals surface area contributed by atoms with Gasteiger partial charge in [0.25, 0.3) is 0 Å². The zero-order valence-electron chi connectivity index (χ0n) is 10.8. The van der Waals surface area contributed by atoms with Crippen LogP contribution in [0, 0.1) is 0 Å². The van der Waals surface area contributed by atoms with E-state index in [0.29, 0.717) is 6.54 Å². The smallest absolute Gasteiger partial charge is 0.410 e. The second-order valence-electron chi connectivity index (χ2n) is 5.84. The van der Waals surface area contributed by atoms with Crippen LogP contribution in [-0.4, -0.2) is 47.9 Å². The van der Waals surface area contributed by atoms with Gasteiger partial charge in [0.1, 0.15) is 5.60 Å². The molecule has 2 saturated heterocycles. The Balaban J connectivity index is 2.04. The number of likely N-dealkylation sites (tertiary alicyclic amines) is 1. The Hall–Kier alpha value is -0.810. The van der Waals surface area contributed by atoms with Gasteiger partial charge in [0, 0.05) is 13.2 Å². The van der Waals surface area contributed by atoms with Crippen LogP contribution in [0.3, 0.4) is 0 Å². The summed E-state index contributed by atoms with van der Waals surface area (Å²) in [4.78, 5) is 13.8. The molecule has 0 aromatic carbocycles.